The van der Waals surface area contributed by atoms with Gasteiger partial charge in [-0.15, -0.1) is 0 Å². The van der Waals surface area contributed by atoms with Crippen LogP contribution >= 0.6 is 0 Å². The first kappa shape index (κ1) is 37.5. The van der Waals surface area contributed by atoms with Crippen LogP contribution in [-0.4, -0.2) is 90.6 Å². The van der Waals surface area contributed by atoms with Gasteiger partial charge < -0.3 is 29.7 Å². The van der Waals surface area contributed by atoms with Crippen LogP contribution in [0.1, 0.15) is 77.5 Å². The van der Waals surface area contributed by atoms with Crippen molar-refractivity contribution in [1.29, 1.82) is 0 Å². The normalized spacial score (nSPS) is 19.6. The van der Waals surface area contributed by atoms with Crippen LogP contribution in [0.3, 0.4) is 0 Å². The van der Waals surface area contributed by atoms with Gasteiger partial charge >= 0.3 is 0 Å². The molecule has 3 saturated heterocycles. The number of benzene rings is 2. The van der Waals surface area contributed by atoms with Crippen LogP contribution in [0.2, 0.25) is 0 Å². The average Bonchev–Trinajstić information content (AvgIpc) is 3.91. The summed E-state index contributed by atoms with van der Waals surface area (Å²) in [5.41, 5.74) is 13.3. The third-order valence-electron chi connectivity index (χ3n) is 12.1. The molecule has 300 valence electrons. The van der Waals surface area contributed by atoms with Gasteiger partial charge in [-0.3, -0.25) is 24.4 Å². The number of pyridine rings is 1. The Bertz CT molecular complexity index is 2380. The fourth-order valence-electron chi connectivity index (χ4n) is 8.92. The van der Waals surface area contributed by atoms with Crippen LogP contribution in [0.5, 0.6) is 5.75 Å². The van der Waals surface area contributed by atoms with Gasteiger partial charge in [0.2, 0.25) is 11.8 Å². The number of carbonyl (C=O) groups excluding carboxylic acids is 3. The minimum atomic E-state index is -0.602. The number of imide groups is 1. The third-order valence-corrected chi connectivity index (χ3v) is 12.1. The molecule has 15 heteroatoms. The minimum absolute atomic E-state index is 0.141. The van der Waals surface area contributed by atoms with Crippen molar-refractivity contribution in [2.24, 2.45) is 5.92 Å². The van der Waals surface area contributed by atoms with E-state index in [0.717, 1.165) is 79.3 Å². The van der Waals surface area contributed by atoms with Crippen molar-refractivity contribution < 1.29 is 23.5 Å². The fraction of sp³-hybridized carbons (Fsp3) is 0.395. The minimum Gasteiger partial charge on any atom is -0.482 e. The zero-order valence-electron chi connectivity index (χ0n) is 32.7. The Morgan fingerprint density at radius 2 is 1.84 bits per heavy atom. The Morgan fingerprint density at radius 1 is 1.02 bits per heavy atom. The quantitative estimate of drug-likeness (QED) is 0.177. The summed E-state index contributed by atoms with van der Waals surface area (Å²) in [6.07, 6.45) is 9.89. The van der Waals surface area contributed by atoms with Crippen LogP contribution in [0.4, 0.5) is 15.9 Å². The SMILES string of the molecule is Cc1ncn(Cc2cnn(C3CCN(CC4CN(c5ccc6c(c5)CN(C5CCC(=O)NC5=O)C6=O)C4)CC3)c2)c1-c1cnc(N)c(O[C@H](C)c2cccc(F)c2)c1. The van der Waals surface area contributed by atoms with Crippen LogP contribution in [0.15, 0.2) is 73.4 Å². The van der Waals surface area contributed by atoms with Crippen molar-refractivity contribution >= 4 is 29.2 Å². The van der Waals surface area contributed by atoms with Crippen LogP contribution in [0.25, 0.3) is 11.3 Å². The summed E-state index contributed by atoms with van der Waals surface area (Å²) < 4.78 is 24.2. The number of amides is 3. The molecule has 3 fully saturated rings. The van der Waals surface area contributed by atoms with E-state index in [1.54, 1.807) is 17.2 Å². The second-order valence-corrected chi connectivity index (χ2v) is 16.1. The Balaban J connectivity index is 0.764. The van der Waals surface area contributed by atoms with Gasteiger partial charge in [0.1, 0.15) is 18.0 Å². The number of fused-ring (bicyclic) bond motifs is 1. The van der Waals surface area contributed by atoms with Crippen LogP contribution < -0.4 is 20.7 Å². The molecule has 0 aliphatic carbocycles. The molecular weight excluding hydrogens is 740 g/mol. The highest BCUT2D eigenvalue weighted by molar-refractivity contribution is 6.05. The topological polar surface area (TPSA) is 157 Å². The highest BCUT2D eigenvalue weighted by Crippen LogP contribution is 2.35. The number of carbonyl (C=O) groups is 3. The molecule has 3 aromatic heterocycles. The maximum absolute atomic E-state index is 13.9. The number of aromatic nitrogens is 5. The number of ether oxygens (including phenoxy) is 1. The van der Waals surface area contributed by atoms with E-state index in [9.17, 15) is 18.8 Å². The Labute approximate surface area is 335 Å². The Kier molecular flexibility index (Phi) is 9.92. The molecule has 4 aliphatic heterocycles. The first-order chi connectivity index (χ1) is 28.1. The molecule has 0 saturated carbocycles. The van der Waals surface area contributed by atoms with E-state index in [1.807, 2.05) is 50.6 Å². The number of nitrogens with two attached hydrogens (primary N) is 1. The molecular formula is C43H47FN10O4. The van der Waals surface area contributed by atoms with Crippen molar-refractivity contribution in [3.05, 3.63) is 107 Å². The van der Waals surface area contributed by atoms with Gasteiger partial charge in [-0.2, -0.15) is 5.10 Å². The molecule has 0 spiro atoms. The van der Waals surface area contributed by atoms with Gasteiger partial charge in [0.05, 0.1) is 36.5 Å². The number of hydrogen-bond acceptors (Lipinski definition) is 10. The highest BCUT2D eigenvalue weighted by atomic mass is 19.1. The number of imidazole rings is 1. The molecule has 2 atom stereocenters. The summed E-state index contributed by atoms with van der Waals surface area (Å²) in [6.45, 7) is 9.83. The zero-order valence-corrected chi connectivity index (χ0v) is 32.7. The average molecular weight is 787 g/mol. The number of nitrogen functional groups attached to an aromatic ring is 1. The number of likely N-dealkylation sites (tertiary alicyclic amines) is 1. The fourth-order valence-corrected chi connectivity index (χ4v) is 8.92. The predicted molar refractivity (Wildman–Crippen MR) is 214 cm³/mol. The van der Waals surface area contributed by atoms with E-state index >= 15 is 0 Å². The number of hydrogen-bond donors (Lipinski definition) is 2. The van der Waals surface area contributed by atoms with Gasteiger partial charge in [0.25, 0.3) is 5.91 Å². The lowest BCUT2D eigenvalue weighted by Crippen LogP contribution is -2.52. The van der Waals surface area contributed by atoms with Crippen LogP contribution in [0, 0.1) is 18.7 Å². The van der Waals surface area contributed by atoms with Gasteiger partial charge in [0, 0.05) is 86.4 Å². The molecule has 5 aromatic rings. The van der Waals surface area contributed by atoms with Crippen molar-refractivity contribution in [2.45, 2.75) is 70.8 Å². The van der Waals surface area contributed by atoms with Crippen molar-refractivity contribution in [2.75, 3.05) is 43.4 Å². The summed E-state index contributed by atoms with van der Waals surface area (Å²) >= 11 is 0. The van der Waals surface area contributed by atoms with E-state index in [-0.39, 0.29) is 35.8 Å². The van der Waals surface area contributed by atoms with E-state index in [0.29, 0.717) is 48.3 Å². The van der Waals surface area contributed by atoms with E-state index < -0.39 is 12.1 Å². The lowest BCUT2D eigenvalue weighted by molar-refractivity contribution is -0.136. The molecule has 0 bridgehead atoms. The zero-order chi connectivity index (χ0) is 40.1. The molecule has 3 N–H and O–H groups in total. The van der Waals surface area contributed by atoms with Gasteiger partial charge in [-0.1, -0.05) is 12.1 Å². The monoisotopic (exact) mass is 786 g/mol. The molecule has 3 amide bonds. The summed E-state index contributed by atoms with van der Waals surface area (Å²) in [5.74, 6) is 0.131. The molecule has 9 rings (SSSR count). The predicted octanol–water partition coefficient (Wildman–Crippen LogP) is 4.89. The lowest BCUT2D eigenvalue weighted by Gasteiger charge is -2.44. The molecule has 14 nitrogen and oxygen atoms in total. The van der Waals surface area contributed by atoms with Crippen molar-refractivity contribution in [3.63, 3.8) is 0 Å². The van der Waals surface area contributed by atoms with Crippen LogP contribution in [-0.2, 0) is 22.7 Å². The van der Waals surface area contributed by atoms with Gasteiger partial charge in [0.15, 0.2) is 11.6 Å². The maximum Gasteiger partial charge on any atom is 0.255 e. The highest BCUT2D eigenvalue weighted by Gasteiger charge is 2.40. The first-order valence-corrected chi connectivity index (χ1v) is 20.0. The van der Waals surface area contributed by atoms with Gasteiger partial charge in [-0.05, 0) is 80.6 Å². The van der Waals surface area contributed by atoms with E-state index in [1.165, 1.54) is 12.1 Å². The maximum atomic E-state index is 13.9. The summed E-state index contributed by atoms with van der Waals surface area (Å²) in [7, 11) is 0. The molecule has 7 heterocycles. The first-order valence-electron chi connectivity index (χ1n) is 20.0. The number of nitrogens with zero attached hydrogens (tertiary/aromatic N) is 8. The third kappa shape index (κ3) is 7.41. The number of rotatable bonds is 11. The molecule has 2 aromatic carbocycles. The van der Waals surface area contributed by atoms with E-state index in [2.05, 4.69) is 46.6 Å². The second kappa shape index (κ2) is 15.3. The van der Waals surface area contributed by atoms with Crippen molar-refractivity contribution in [1.82, 2.24) is 39.4 Å². The Morgan fingerprint density at radius 3 is 2.64 bits per heavy atom. The molecule has 4 aliphatic rings. The molecule has 1 unspecified atom stereocenters. The standard InChI is InChI=1S/C43H47FN10O4/c1-26-40(31-16-38(41(45)46-18-31)58-27(2)30-4-3-5-33(44)14-30)52(25-47-26)20-28-17-48-54(23-28)34-10-12-50(13-11-34)19-29-21-51(22-29)35-6-7-36-32(15-35)24-53(43(36)57)37-8-9-39(55)49-42(37)56/h3-7,14-18,23,25,27,29,34,37H,8-13,19-22,24H2,1-2H3,(H2,45,46)(H,49,55,56)/t27-,37?/m1/s1. The summed E-state index contributed by atoms with van der Waals surface area (Å²) in [4.78, 5) is 52.7. The number of nitrogens with one attached hydrogen (secondary N) is 1. The Hall–Kier alpha value is -6.09. The summed E-state index contributed by atoms with van der Waals surface area (Å²) in [5, 5.41) is 7.16. The lowest BCUT2D eigenvalue weighted by atomic mass is 9.96. The van der Waals surface area contributed by atoms with Crippen molar-refractivity contribution in [3.8, 4) is 17.0 Å². The largest absolute Gasteiger partial charge is 0.482 e. The number of piperidine rings is 2. The second-order valence-electron chi connectivity index (χ2n) is 16.1. The number of anilines is 2. The number of aryl methyl sites for hydroxylation is 1. The molecule has 58 heavy (non-hydrogen) atoms. The smallest absolute Gasteiger partial charge is 0.255 e. The van der Waals surface area contributed by atoms with Gasteiger partial charge in [-0.25, -0.2) is 14.4 Å². The molecule has 0 radical (unpaired) electrons. The summed E-state index contributed by atoms with van der Waals surface area (Å²) in [6, 6.07) is 13.9. The number of halogens is 1. The van der Waals surface area contributed by atoms with E-state index in [4.69, 9.17) is 15.6 Å².